The van der Waals surface area contributed by atoms with Gasteiger partial charge in [-0.15, -0.1) is 0 Å². The number of carbonyl (C=O) groups excluding carboxylic acids is 1. The van der Waals surface area contributed by atoms with Gasteiger partial charge in [-0.1, -0.05) is 27.2 Å². The molecule has 3 atom stereocenters. The van der Waals surface area contributed by atoms with Crippen molar-refractivity contribution in [3.63, 3.8) is 0 Å². The Kier molecular flexibility index (Phi) is 2.80. The van der Waals surface area contributed by atoms with Crippen molar-refractivity contribution in [3.8, 4) is 0 Å². The molecule has 0 bridgehead atoms. The van der Waals surface area contributed by atoms with E-state index in [0.717, 1.165) is 12.8 Å². The summed E-state index contributed by atoms with van der Waals surface area (Å²) in [4.78, 5) is 11.7. The highest BCUT2D eigenvalue weighted by atomic mass is 16.5. The number of ether oxygens (including phenoxy) is 1. The van der Waals surface area contributed by atoms with Crippen LogP contribution in [-0.2, 0) is 9.53 Å². The fourth-order valence-electron chi connectivity index (χ4n) is 4.36. The quantitative estimate of drug-likeness (QED) is 0.638. The molecule has 0 aromatic carbocycles. The summed E-state index contributed by atoms with van der Waals surface area (Å²) in [7, 11) is 1.51. The highest BCUT2D eigenvalue weighted by Gasteiger charge is 2.53. The van der Waals surface area contributed by atoms with E-state index in [-0.39, 0.29) is 11.9 Å². The average molecular weight is 224 g/mol. The van der Waals surface area contributed by atoms with E-state index in [1.54, 1.807) is 0 Å². The summed E-state index contributed by atoms with van der Waals surface area (Å²) >= 11 is 0. The molecule has 0 spiro atoms. The largest absolute Gasteiger partial charge is 0.469 e. The minimum atomic E-state index is 0.00595. The van der Waals surface area contributed by atoms with Gasteiger partial charge in [-0.2, -0.15) is 0 Å². The van der Waals surface area contributed by atoms with E-state index in [4.69, 9.17) is 4.74 Å². The van der Waals surface area contributed by atoms with Crippen LogP contribution in [-0.4, -0.2) is 13.1 Å². The molecule has 2 saturated carbocycles. The molecule has 0 saturated heterocycles. The van der Waals surface area contributed by atoms with Gasteiger partial charge in [0.15, 0.2) is 0 Å². The van der Waals surface area contributed by atoms with Crippen LogP contribution in [0.2, 0.25) is 0 Å². The normalized spacial score (nSPS) is 41.5. The number of esters is 1. The lowest BCUT2D eigenvalue weighted by atomic mass is 9.58. The summed E-state index contributed by atoms with van der Waals surface area (Å²) in [5, 5.41) is 0. The Labute approximate surface area is 98.7 Å². The smallest absolute Gasteiger partial charge is 0.308 e. The van der Waals surface area contributed by atoms with Gasteiger partial charge in [0.05, 0.1) is 13.0 Å². The maximum absolute atomic E-state index is 11.7. The maximum atomic E-state index is 11.7. The van der Waals surface area contributed by atoms with Gasteiger partial charge in [-0.25, -0.2) is 0 Å². The van der Waals surface area contributed by atoms with E-state index >= 15 is 0 Å². The molecule has 2 aliphatic rings. The summed E-state index contributed by atoms with van der Waals surface area (Å²) in [6.45, 7) is 7.12. The van der Waals surface area contributed by atoms with Gasteiger partial charge in [0.1, 0.15) is 0 Å². The molecule has 2 heteroatoms. The molecule has 0 aromatic rings. The van der Waals surface area contributed by atoms with Crippen LogP contribution in [0, 0.1) is 22.7 Å². The summed E-state index contributed by atoms with van der Waals surface area (Å²) in [5.41, 5.74) is 0.774. The Hall–Kier alpha value is -0.530. The minimum absolute atomic E-state index is 0.00595. The highest BCUT2D eigenvalue weighted by Crippen LogP contribution is 2.60. The first-order chi connectivity index (χ1) is 7.39. The zero-order chi connectivity index (χ0) is 12.0. The summed E-state index contributed by atoms with van der Waals surface area (Å²) < 4.78 is 4.91. The van der Waals surface area contributed by atoms with Gasteiger partial charge in [0.2, 0.25) is 0 Å². The van der Waals surface area contributed by atoms with Crippen LogP contribution in [0.3, 0.4) is 0 Å². The summed E-state index contributed by atoms with van der Waals surface area (Å²) in [6.07, 6.45) is 5.98. The standard InChI is InChI=1S/C14H24O2/c1-13(2)6-5-7-14(3)9-10(8-11(13)14)12(15)16-4/h10-11H,5-9H2,1-4H3/t10?,11-,14-/m0/s1. The van der Waals surface area contributed by atoms with Gasteiger partial charge < -0.3 is 4.74 Å². The van der Waals surface area contributed by atoms with E-state index in [1.807, 2.05) is 0 Å². The Balaban J connectivity index is 2.20. The third-order valence-electron chi connectivity index (χ3n) is 5.12. The van der Waals surface area contributed by atoms with Gasteiger partial charge in [0.25, 0.3) is 0 Å². The monoisotopic (exact) mass is 224 g/mol. The van der Waals surface area contributed by atoms with Crippen molar-refractivity contribution in [2.24, 2.45) is 22.7 Å². The molecule has 2 fully saturated rings. The third-order valence-corrected chi connectivity index (χ3v) is 5.12. The van der Waals surface area contributed by atoms with Crippen LogP contribution in [0.15, 0.2) is 0 Å². The molecule has 2 aliphatic carbocycles. The summed E-state index contributed by atoms with van der Waals surface area (Å²) in [5.74, 6) is 0.849. The maximum Gasteiger partial charge on any atom is 0.308 e. The van der Waals surface area contributed by atoms with E-state index in [2.05, 4.69) is 20.8 Å². The van der Waals surface area contributed by atoms with E-state index in [9.17, 15) is 4.79 Å². The fraction of sp³-hybridized carbons (Fsp3) is 0.929. The van der Waals surface area contributed by atoms with Crippen molar-refractivity contribution in [1.82, 2.24) is 0 Å². The topological polar surface area (TPSA) is 26.3 Å². The van der Waals surface area contributed by atoms with Gasteiger partial charge >= 0.3 is 5.97 Å². The molecule has 0 amide bonds. The molecule has 0 radical (unpaired) electrons. The predicted molar refractivity (Wildman–Crippen MR) is 64.0 cm³/mol. The predicted octanol–water partition coefficient (Wildman–Crippen LogP) is 3.40. The van der Waals surface area contributed by atoms with Crippen molar-refractivity contribution in [2.75, 3.05) is 7.11 Å². The second-order valence-electron chi connectivity index (χ2n) is 6.71. The van der Waals surface area contributed by atoms with Gasteiger partial charge in [-0.3, -0.25) is 4.79 Å². The van der Waals surface area contributed by atoms with Crippen molar-refractivity contribution in [3.05, 3.63) is 0 Å². The Bertz CT molecular complexity index is 295. The average Bonchev–Trinajstić information content (AvgIpc) is 2.56. The second-order valence-corrected chi connectivity index (χ2v) is 6.71. The van der Waals surface area contributed by atoms with E-state index in [1.165, 1.54) is 26.4 Å². The molecule has 2 rings (SSSR count). The Morgan fingerprint density at radius 3 is 2.50 bits per heavy atom. The lowest BCUT2D eigenvalue weighted by Crippen LogP contribution is -2.38. The van der Waals surface area contributed by atoms with Crippen molar-refractivity contribution in [1.29, 1.82) is 0 Å². The lowest BCUT2D eigenvalue weighted by molar-refractivity contribution is -0.145. The number of carbonyl (C=O) groups is 1. The minimum Gasteiger partial charge on any atom is -0.469 e. The molecular formula is C14H24O2. The number of rotatable bonds is 1. The van der Waals surface area contributed by atoms with Crippen LogP contribution in [0.1, 0.15) is 52.9 Å². The second kappa shape index (κ2) is 3.75. The molecular weight excluding hydrogens is 200 g/mol. The number of hydrogen-bond donors (Lipinski definition) is 0. The molecule has 0 heterocycles. The zero-order valence-electron chi connectivity index (χ0n) is 11.0. The Morgan fingerprint density at radius 2 is 1.94 bits per heavy atom. The van der Waals surface area contributed by atoms with Gasteiger partial charge in [0, 0.05) is 0 Å². The molecule has 0 aliphatic heterocycles. The fourth-order valence-corrected chi connectivity index (χ4v) is 4.36. The molecule has 16 heavy (non-hydrogen) atoms. The summed E-state index contributed by atoms with van der Waals surface area (Å²) in [6, 6.07) is 0. The first-order valence-corrected chi connectivity index (χ1v) is 6.47. The van der Waals surface area contributed by atoms with Gasteiger partial charge in [-0.05, 0) is 42.4 Å². The van der Waals surface area contributed by atoms with Crippen LogP contribution < -0.4 is 0 Å². The zero-order valence-corrected chi connectivity index (χ0v) is 11.0. The van der Waals surface area contributed by atoms with Crippen LogP contribution in [0.4, 0.5) is 0 Å². The number of fused-ring (bicyclic) bond motifs is 1. The first-order valence-electron chi connectivity index (χ1n) is 6.47. The molecule has 92 valence electrons. The number of hydrogen-bond acceptors (Lipinski definition) is 2. The SMILES string of the molecule is COC(=O)C1C[C@H]2C(C)(C)CCC[C@@]2(C)C1. The van der Waals surface area contributed by atoms with E-state index < -0.39 is 0 Å². The van der Waals surface area contributed by atoms with Crippen molar-refractivity contribution >= 4 is 5.97 Å². The van der Waals surface area contributed by atoms with Crippen LogP contribution in [0.25, 0.3) is 0 Å². The van der Waals surface area contributed by atoms with Crippen molar-refractivity contribution < 1.29 is 9.53 Å². The molecule has 0 aromatic heterocycles. The molecule has 1 unspecified atom stereocenters. The highest BCUT2D eigenvalue weighted by molar-refractivity contribution is 5.72. The number of methoxy groups -OCH3 is 1. The third kappa shape index (κ3) is 1.76. The Morgan fingerprint density at radius 1 is 1.25 bits per heavy atom. The van der Waals surface area contributed by atoms with Crippen molar-refractivity contribution in [2.45, 2.75) is 52.9 Å². The molecule has 2 nitrogen and oxygen atoms in total. The van der Waals surface area contributed by atoms with E-state index in [0.29, 0.717) is 16.7 Å². The van der Waals surface area contributed by atoms with Crippen LogP contribution in [0.5, 0.6) is 0 Å². The molecule has 0 N–H and O–H groups in total. The lowest BCUT2D eigenvalue weighted by Gasteiger charge is -2.47. The first kappa shape index (κ1) is 11.9. The van der Waals surface area contributed by atoms with Crippen LogP contribution >= 0.6 is 0 Å².